The minimum atomic E-state index is -4.90. The summed E-state index contributed by atoms with van der Waals surface area (Å²) in [6.45, 7) is -0.0190. The van der Waals surface area contributed by atoms with E-state index in [9.17, 15) is 36.9 Å². The zero-order chi connectivity index (χ0) is 45.3. The Hall–Kier alpha value is -7.11. The molecule has 1 radical (unpaired) electrons. The number of carbonyl (C=O) groups excluding carboxylic acids is 5. The van der Waals surface area contributed by atoms with E-state index >= 15 is 0 Å². The van der Waals surface area contributed by atoms with Gasteiger partial charge in [0.2, 0.25) is 5.91 Å². The molecule has 0 saturated carbocycles. The summed E-state index contributed by atoms with van der Waals surface area (Å²) < 4.78 is 34.4. The molecular weight excluding hydrogens is 1030 g/mol. The van der Waals surface area contributed by atoms with Crippen molar-refractivity contribution in [2.45, 2.75) is 38.1 Å². The van der Waals surface area contributed by atoms with E-state index in [2.05, 4.69) is 42.7 Å². The van der Waals surface area contributed by atoms with Crippen LogP contribution in [0.4, 0.5) is 0 Å². The molecule has 4 amide bonds. The van der Waals surface area contributed by atoms with Crippen LogP contribution >= 0.6 is 0 Å². The van der Waals surface area contributed by atoms with Crippen molar-refractivity contribution in [1.82, 2.24) is 35.6 Å². The molecule has 1 saturated heterocycles. The molecule has 0 aliphatic carbocycles. The van der Waals surface area contributed by atoms with Crippen LogP contribution in [-0.4, -0.2) is 85.9 Å². The van der Waals surface area contributed by atoms with Crippen molar-refractivity contribution in [2.75, 3.05) is 12.3 Å². The van der Waals surface area contributed by atoms with Crippen molar-refractivity contribution in [1.29, 1.82) is 0 Å². The monoisotopic (exact) mass is 1070 g/mol. The van der Waals surface area contributed by atoms with Crippen LogP contribution < -0.4 is 10.6 Å². The first-order valence-electron chi connectivity index (χ1n) is 19.9. The Morgan fingerprint density at radius 2 is 1.31 bits per heavy atom. The van der Waals surface area contributed by atoms with Crippen molar-refractivity contribution < 1.29 is 61.9 Å². The van der Waals surface area contributed by atoms with Gasteiger partial charge in [-0.05, 0) is 48.5 Å². The van der Waals surface area contributed by atoms with E-state index in [0.29, 0.717) is 21.5 Å². The predicted octanol–water partition coefficient (Wildman–Crippen LogP) is 5.42. The molecule has 1 aliphatic rings. The van der Waals surface area contributed by atoms with Gasteiger partial charge in [-0.1, -0.05) is 42.5 Å². The fourth-order valence-corrected chi connectivity index (χ4v) is 6.90. The second-order valence-electron chi connectivity index (χ2n) is 13.9. The third-order valence-electron chi connectivity index (χ3n) is 9.33. The number of hydrogen-bond donors (Lipinski definition) is 2. The Bertz CT molecular complexity index is 2660. The summed E-state index contributed by atoms with van der Waals surface area (Å²) in [6.07, 6.45) is 6.77. The third-order valence-corrected chi connectivity index (χ3v) is 10.1. The second-order valence-corrected chi connectivity index (χ2v) is 15.4. The fourth-order valence-electron chi connectivity index (χ4n) is 6.26. The minimum absolute atomic E-state index is 0. The summed E-state index contributed by atoms with van der Waals surface area (Å²) in [5.41, 5.74) is 5.10. The van der Waals surface area contributed by atoms with E-state index in [0.717, 1.165) is 27.9 Å². The van der Waals surface area contributed by atoms with Crippen molar-refractivity contribution in [3.63, 3.8) is 0 Å². The molecule has 4 aromatic heterocycles. The molecule has 1 atom stereocenters. The normalized spacial score (nSPS) is 12.4. The molecule has 8 rings (SSSR count). The molecule has 335 valence electrons. The molecule has 1 fully saturated rings. The number of imide groups is 1. The standard InChI is InChI=1S/C25H25N5O9S.2C11H8N.Ir/c31-19-8-9-20(32)30(19)39-21(33)5-1-2-11-28-25(35)18(14-40(36,37)38)29-24(34)17-10-13-27-23-16(17)7-6-15-4-3-12-26-22(15)23;2*1-2-6-10(7-3-1)11-8-4-5-9-12-11;/h3-4,6-7,10,12-13,18H,1-2,5,8-9,11,14H2,(H,28,35)(H,29,34)(H,36,37,38);2*1-6,8-9H;/q;2*-1;/p-1. The number of pyridine rings is 4. The van der Waals surface area contributed by atoms with Crippen molar-refractivity contribution >= 4 is 61.5 Å². The summed E-state index contributed by atoms with van der Waals surface area (Å²) >= 11 is 0. The largest absolute Gasteiger partial charge is 0.748 e. The molecule has 18 heteroatoms. The number of benzene rings is 3. The number of hydroxylamine groups is 2. The van der Waals surface area contributed by atoms with Gasteiger partial charge in [0.05, 0.1) is 32.5 Å². The van der Waals surface area contributed by atoms with Crippen molar-refractivity contribution in [3.8, 4) is 22.5 Å². The van der Waals surface area contributed by atoms with E-state index in [4.69, 9.17) is 4.84 Å². The van der Waals surface area contributed by atoms with Gasteiger partial charge in [0.25, 0.3) is 17.7 Å². The second kappa shape index (κ2) is 24.1. The predicted molar refractivity (Wildman–Crippen MR) is 234 cm³/mol. The number of carbonyl (C=O) groups is 5. The molecule has 16 nitrogen and oxygen atoms in total. The van der Waals surface area contributed by atoms with E-state index in [1.54, 1.807) is 36.8 Å². The molecular formula is C47H40IrN7O9S-3. The summed E-state index contributed by atoms with van der Waals surface area (Å²) in [6, 6.07) is 40.3. The van der Waals surface area contributed by atoms with E-state index < -0.39 is 51.5 Å². The maximum atomic E-state index is 13.1. The number of aromatic nitrogens is 4. The average Bonchev–Trinajstić information content (AvgIpc) is 3.64. The Balaban J connectivity index is 0.000000254. The quantitative estimate of drug-likeness (QED) is 0.0484. The first-order chi connectivity index (χ1) is 31.0. The zero-order valence-corrected chi connectivity index (χ0v) is 37.7. The Kier molecular flexibility index (Phi) is 18.1. The number of unbranched alkanes of at least 4 members (excludes halogenated alkanes) is 1. The molecule has 1 aliphatic heterocycles. The first-order valence-corrected chi connectivity index (χ1v) is 21.5. The van der Waals surface area contributed by atoms with E-state index in [1.807, 2.05) is 91.0 Å². The van der Waals surface area contributed by atoms with Gasteiger partial charge in [0.15, 0.2) is 0 Å². The van der Waals surface area contributed by atoms with Gasteiger partial charge >= 0.3 is 5.97 Å². The van der Waals surface area contributed by atoms with Crippen molar-refractivity contribution in [2.24, 2.45) is 0 Å². The number of amides is 4. The van der Waals surface area contributed by atoms with E-state index in [1.165, 1.54) is 12.3 Å². The van der Waals surface area contributed by atoms with Crippen LogP contribution in [0.3, 0.4) is 0 Å². The maximum Gasteiger partial charge on any atom is 0.333 e. The topological polar surface area (TPSA) is 231 Å². The van der Waals surface area contributed by atoms with Crippen LogP contribution in [0.2, 0.25) is 0 Å². The number of rotatable bonds is 13. The van der Waals surface area contributed by atoms with Gasteiger partial charge in [-0.2, -0.15) is 0 Å². The van der Waals surface area contributed by atoms with Crippen LogP contribution in [0.25, 0.3) is 44.3 Å². The first kappa shape index (κ1) is 48.9. The van der Waals surface area contributed by atoms with Gasteiger partial charge in [0.1, 0.15) is 6.04 Å². The van der Waals surface area contributed by atoms with Crippen LogP contribution in [-0.2, 0) is 54.2 Å². The molecule has 0 bridgehead atoms. The molecule has 7 aromatic rings. The average molecular weight is 1070 g/mol. The van der Waals surface area contributed by atoms with Crippen LogP contribution in [0.15, 0.2) is 140 Å². The molecule has 5 heterocycles. The molecule has 2 N–H and O–H groups in total. The Morgan fingerprint density at radius 3 is 1.88 bits per heavy atom. The smallest absolute Gasteiger partial charge is 0.333 e. The number of hydrogen-bond acceptors (Lipinski definition) is 13. The molecule has 1 unspecified atom stereocenters. The summed E-state index contributed by atoms with van der Waals surface area (Å²) in [5.74, 6) is -4.88. The molecule has 0 spiro atoms. The minimum Gasteiger partial charge on any atom is -0.748 e. The van der Waals surface area contributed by atoms with Gasteiger partial charge in [0, 0.05) is 81.5 Å². The zero-order valence-electron chi connectivity index (χ0n) is 34.5. The molecule has 65 heavy (non-hydrogen) atoms. The van der Waals surface area contributed by atoms with E-state index in [-0.39, 0.29) is 64.3 Å². The maximum absolute atomic E-state index is 13.1. The number of fused-ring (bicyclic) bond motifs is 3. The van der Waals surface area contributed by atoms with Crippen LogP contribution in [0.5, 0.6) is 0 Å². The summed E-state index contributed by atoms with van der Waals surface area (Å²) in [7, 11) is -4.90. The van der Waals surface area contributed by atoms with Gasteiger partial charge in [-0.3, -0.25) is 29.1 Å². The van der Waals surface area contributed by atoms with Gasteiger partial charge in [-0.15, -0.1) is 76.9 Å². The number of nitrogens with zero attached hydrogens (tertiary/aromatic N) is 5. The fraction of sp³-hybridized carbons (Fsp3) is 0.170. The van der Waals surface area contributed by atoms with Gasteiger partial charge in [-0.25, -0.2) is 13.2 Å². The SMILES string of the molecule is O=C(CCCCNC(=O)C(CS(=O)(=O)[O-])NC(=O)c1ccnc2c1ccc1cccnc12)ON1C(=O)CCC1=O.[Ir].[c-]1ccccc1-c1ccccn1.[c-]1ccccc1-c1ccccn1. The van der Waals surface area contributed by atoms with Gasteiger partial charge < -0.3 is 30.0 Å². The molecule has 3 aromatic carbocycles. The third kappa shape index (κ3) is 14.5. The Morgan fingerprint density at radius 1 is 0.708 bits per heavy atom. The number of nitrogens with one attached hydrogen (secondary N) is 2. The Labute approximate surface area is 387 Å². The van der Waals surface area contributed by atoms with Crippen LogP contribution in [0.1, 0.15) is 42.5 Å². The van der Waals surface area contributed by atoms with Crippen molar-refractivity contribution in [3.05, 3.63) is 158 Å². The summed E-state index contributed by atoms with van der Waals surface area (Å²) in [5, 5.41) is 6.40. The van der Waals surface area contributed by atoms with Crippen LogP contribution in [0, 0.1) is 12.1 Å². The summed E-state index contributed by atoms with van der Waals surface area (Å²) in [4.78, 5) is 82.4.